The number of Topliss-reactive ketones (excluding diaryl/α,β-unsaturated/α-hetero) is 1. The van der Waals surface area contributed by atoms with Gasteiger partial charge in [0.05, 0.1) is 11.0 Å². The minimum atomic E-state index is -0.498. The summed E-state index contributed by atoms with van der Waals surface area (Å²) < 4.78 is 5.72. The molecule has 21 heavy (non-hydrogen) atoms. The molecule has 0 spiro atoms. The molecular formula is C16H21NO4. The maximum absolute atomic E-state index is 12.1. The van der Waals surface area contributed by atoms with E-state index in [1.165, 1.54) is 24.6 Å². The standard InChI is InChI=1S/C16H21NO4/c1-11-6-12(2)8-15(7-11)21-10-16(18)13-4-3-5-14(9-13)17(19)20/h3-5,9,11-12,15H,6-8,10H2,1-2H3. The molecule has 0 aliphatic heterocycles. The van der Waals surface area contributed by atoms with E-state index in [2.05, 4.69) is 13.8 Å². The van der Waals surface area contributed by atoms with Gasteiger partial charge in [-0.1, -0.05) is 26.0 Å². The van der Waals surface area contributed by atoms with Crippen LogP contribution in [0.25, 0.3) is 0 Å². The number of nitrogens with zero attached hydrogens (tertiary/aromatic N) is 1. The first kappa shape index (κ1) is 15.6. The topological polar surface area (TPSA) is 69.4 Å². The number of carbonyl (C=O) groups excluding carboxylic acids is 1. The van der Waals surface area contributed by atoms with Crippen LogP contribution in [0, 0.1) is 22.0 Å². The van der Waals surface area contributed by atoms with Gasteiger partial charge in [0.25, 0.3) is 5.69 Å². The SMILES string of the molecule is CC1CC(C)CC(OCC(=O)c2cccc([N+](=O)[O-])c2)C1. The van der Waals surface area contributed by atoms with Crippen molar-refractivity contribution in [2.45, 2.75) is 39.2 Å². The summed E-state index contributed by atoms with van der Waals surface area (Å²) >= 11 is 0. The Balaban J connectivity index is 1.92. The monoisotopic (exact) mass is 291 g/mol. The molecule has 5 nitrogen and oxygen atoms in total. The number of ketones is 1. The normalized spacial score (nSPS) is 25.5. The van der Waals surface area contributed by atoms with Crippen LogP contribution in [0.3, 0.4) is 0 Å². The number of benzene rings is 1. The lowest BCUT2D eigenvalue weighted by Crippen LogP contribution is -2.28. The van der Waals surface area contributed by atoms with Gasteiger partial charge >= 0.3 is 0 Å². The van der Waals surface area contributed by atoms with E-state index < -0.39 is 4.92 Å². The van der Waals surface area contributed by atoms with E-state index in [1.807, 2.05) is 0 Å². The molecule has 0 radical (unpaired) electrons. The van der Waals surface area contributed by atoms with Gasteiger partial charge in [-0.05, 0) is 31.1 Å². The maximum Gasteiger partial charge on any atom is 0.270 e. The van der Waals surface area contributed by atoms with Gasteiger partial charge in [-0.25, -0.2) is 0 Å². The fourth-order valence-electron chi connectivity index (χ4n) is 3.08. The maximum atomic E-state index is 12.1. The lowest BCUT2D eigenvalue weighted by atomic mass is 9.82. The lowest BCUT2D eigenvalue weighted by molar-refractivity contribution is -0.384. The number of hydrogen-bond acceptors (Lipinski definition) is 4. The summed E-state index contributed by atoms with van der Waals surface area (Å²) in [7, 11) is 0. The molecule has 1 saturated carbocycles. The third-order valence-corrected chi connectivity index (χ3v) is 3.96. The summed E-state index contributed by atoms with van der Waals surface area (Å²) in [5.74, 6) is 1.03. The summed E-state index contributed by atoms with van der Waals surface area (Å²) in [6.45, 7) is 4.40. The molecule has 2 rings (SSSR count). The summed E-state index contributed by atoms with van der Waals surface area (Å²) in [6.07, 6.45) is 3.28. The zero-order valence-electron chi connectivity index (χ0n) is 12.5. The van der Waals surface area contributed by atoms with Crippen LogP contribution in [0.5, 0.6) is 0 Å². The highest BCUT2D eigenvalue weighted by Crippen LogP contribution is 2.30. The Morgan fingerprint density at radius 2 is 1.95 bits per heavy atom. The van der Waals surface area contributed by atoms with Gasteiger partial charge in [0.1, 0.15) is 6.61 Å². The molecule has 1 aromatic rings. The molecule has 0 bridgehead atoms. The smallest absolute Gasteiger partial charge is 0.270 e. The fraction of sp³-hybridized carbons (Fsp3) is 0.562. The molecule has 1 aliphatic rings. The third-order valence-electron chi connectivity index (χ3n) is 3.96. The quantitative estimate of drug-likeness (QED) is 0.472. The highest BCUT2D eigenvalue weighted by Gasteiger charge is 2.25. The van der Waals surface area contributed by atoms with Gasteiger partial charge in [-0.3, -0.25) is 14.9 Å². The summed E-state index contributed by atoms with van der Waals surface area (Å²) in [4.78, 5) is 22.3. The molecule has 0 aromatic heterocycles. The van der Waals surface area contributed by atoms with Crippen molar-refractivity contribution < 1.29 is 14.5 Å². The van der Waals surface area contributed by atoms with Gasteiger partial charge in [-0.15, -0.1) is 0 Å². The van der Waals surface area contributed by atoms with Crippen LogP contribution in [0.1, 0.15) is 43.5 Å². The Kier molecular flexibility index (Phi) is 5.07. The van der Waals surface area contributed by atoms with Crippen molar-refractivity contribution in [1.82, 2.24) is 0 Å². The molecule has 0 amide bonds. The minimum Gasteiger partial charge on any atom is -0.370 e. The number of rotatable bonds is 5. The number of non-ortho nitro benzene ring substituents is 1. The molecule has 5 heteroatoms. The van der Waals surface area contributed by atoms with E-state index in [0.29, 0.717) is 17.4 Å². The molecule has 2 unspecified atom stereocenters. The Bertz CT molecular complexity index is 519. The third kappa shape index (κ3) is 4.36. The van der Waals surface area contributed by atoms with E-state index >= 15 is 0 Å². The van der Waals surface area contributed by atoms with Gasteiger partial charge in [-0.2, -0.15) is 0 Å². The number of nitro groups is 1. The zero-order valence-corrected chi connectivity index (χ0v) is 12.5. The number of hydrogen-bond donors (Lipinski definition) is 0. The molecule has 1 fully saturated rings. The number of ether oxygens (including phenoxy) is 1. The second kappa shape index (κ2) is 6.80. The second-order valence-electron chi connectivity index (χ2n) is 6.08. The highest BCUT2D eigenvalue weighted by atomic mass is 16.6. The molecular weight excluding hydrogens is 270 g/mol. The van der Waals surface area contributed by atoms with Crippen LogP contribution in [0.15, 0.2) is 24.3 Å². The van der Waals surface area contributed by atoms with Crippen molar-refractivity contribution >= 4 is 11.5 Å². The molecule has 0 heterocycles. The average Bonchev–Trinajstić information content (AvgIpc) is 2.44. The van der Waals surface area contributed by atoms with Crippen LogP contribution >= 0.6 is 0 Å². The van der Waals surface area contributed by atoms with Crippen LogP contribution in [-0.2, 0) is 4.74 Å². The predicted octanol–water partition coefficient (Wildman–Crippen LogP) is 3.62. The van der Waals surface area contributed by atoms with Gasteiger partial charge < -0.3 is 4.74 Å². The lowest BCUT2D eigenvalue weighted by Gasteiger charge is -2.31. The van der Waals surface area contributed by atoms with Crippen molar-refractivity contribution in [1.29, 1.82) is 0 Å². The van der Waals surface area contributed by atoms with E-state index in [4.69, 9.17) is 4.74 Å². The first-order chi connectivity index (χ1) is 9.95. The summed E-state index contributed by atoms with van der Waals surface area (Å²) in [5, 5.41) is 10.7. The first-order valence-electron chi connectivity index (χ1n) is 7.35. The molecule has 1 aliphatic carbocycles. The van der Waals surface area contributed by atoms with Crippen molar-refractivity contribution in [2.24, 2.45) is 11.8 Å². The number of carbonyl (C=O) groups is 1. The van der Waals surface area contributed by atoms with Gasteiger partial charge in [0.15, 0.2) is 5.78 Å². The second-order valence-corrected chi connectivity index (χ2v) is 6.08. The summed E-state index contributed by atoms with van der Waals surface area (Å²) in [5.41, 5.74) is 0.266. The fourth-order valence-corrected chi connectivity index (χ4v) is 3.08. The number of nitro benzene ring substituents is 1. The molecule has 0 saturated heterocycles. The van der Waals surface area contributed by atoms with Crippen molar-refractivity contribution in [3.05, 3.63) is 39.9 Å². The van der Waals surface area contributed by atoms with Crippen LogP contribution < -0.4 is 0 Å². The van der Waals surface area contributed by atoms with Crippen LogP contribution in [-0.4, -0.2) is 23.4 Å². The Labute approximate surface area is 124 Å². The van der Waals surface area contributed by atoms with Crippen LogP contribution in [0.4, 0.5) is 5.69 Å². The Hall–Kier alpha value is -1.75. The van der Waals surface area contributed by atoms with Crippen LogP contribution in [0.2, 0.25) is 0 Å². The van der Waals surface area contributed by atoms with Crippen molar-refractivity contribution in [3.63, 3.8) is 0 Å². The van der Waals surface area contributed by atoms with Crippen molar-refractivity contribution in [2.75, 3.05) is 6.61 Å². The Morgan fingerprint density at radius 3 is 2.57 bits per heavy atom. The largest absolute Gasteiger partial charge is 0.370 e. The van der Waals surface area contributed by atoms with E-state index in [9.17, 15) is 14.9 Å². The van der Waals surface area contributed by atoms with E-state index in [1.54, 1.807) is 6.07 Å². The highest BCUT2D eigenvalue weighted by molar-refractivity contribution is 5.97. The van der Waals surface area contributed by atoms with E-state index in [0.717, 1.165) is 12.8 Å². The predicted molar refractivity (Wildman–Crippen MR) is 79.3 cm³/mol. The zero-order chi connectivity index (χ0) is 15.4. The Morgan fingerprint density at radius 1 is 1.29 bits per heavy atom. The van der Waals surface area contributed by atoms with E-state index in [-0.39, 0.29) is 24.2 Å². The first-order valence-corrected chi connectivity index (χ1v) is 7.35. The summed E-state index contributed by atoms with van der Waals surface area (Å²) in [6, 6.07) is 5.79. The van der Waals surface area contributed by atoms with Gasteiger partial charge in [0.2, 0.25) is 0 Å². The van der Waals surface area contributed by atoms with Crippen molar-refractivity contribution in [3.8, 4) is 0 Å². The van der Waals surface area contributed by atoms with Gasteiger partial charge in [0, 0.05) is 17.7 Å². The molecule has 0 N–H and O–H groups in total. The minimum absolute atomic E-state index is 0.00866. The molecule has 2 atom stereocenters. The average molecular weight is 291 g/mol. The molecule has 1 aromatic carbocycles. The molecule has 114 valence electrons.